The highest BCUT2D eigenvalue weighted by molar-refractivity contribution is 5.25. The topological polar surface area (TPSA) is 50.9 Å². The number of rotatable bonds is 4. The van der Waals surface area contributed by atoms with Gasteiger partial charge in [0.25, 0.3) is 0 Å². The fourth-order valence-corrected chi connectivity index (χ4v) is 2.19. The van der Waals surface area contributed by atoms with Gasteiger partial charge in [-0.3, -0.25) is 0 Å². The van der Waals surface area contributed by atoms with Gasteiger partial charge in [-0.1, -0.05) is 29.8 Å². The fourth-order valence-electron chi connectivity index (χ4n) is 2.19. The molecule has 0 bridgehead atoms. The first-order valence-corrected chi connectivity index (χ1v) is 6.21. The molecule has 0 aliphatic rings. The number of hydrogen-bond donors (Lipinski definition) is 1. The Balaban J connectivity index is 2.32. The van der Waals surface area contributed by atoms with Crippen LogP contribution in [0.1, 0.15) is 42.7 Å². The van der Waals surface area contributed by atoms with E-state index in [9.17, 15) is 5.11 Å². The zero-order valence-corrected chi connectivity index (χ0v) is 11.1. The minimum Gasteiger partial charge on any atom is -0.388 e. The molecular formula is C14H19N3O. The van der Waals surface area contributed by atoms with Crippen molar-refractivity contribution in [3.63, 3.8) is 0 Å². The molecule has 1 aromatic heterocycles. The smallest absolute Gasteiger partial charge is 0.159 e. The van der Waals surface area contributed by atoms with Crippen molar-refractivity contribution in [2.45, 2.75) is 39.8 Å². The van der Waals surface area contributed by atoms with Crippen LogP contribution in [0.15, 0.2) is 24.3 Å². The molecule has 0 unspecified atom stereocenters. The predicted octanol–water partition coefficient (Wildman–Crippen LogP) is 2.25. The Morgan fingerprint density at radius 2 is 1.94 bits per heavy atom. The van der Waals surface area contributed by atoms with Crippen LogP contribution in [0.5, 0.6) is 0 Å². The molecule has 0 saturated heterocycles. The van der Waals surface area contributed by atoms with Crippen molar-refractivity contribution >= 4 is 0 Å². The maximum atomic E-state index is 9.27. The molecule has 4 nitrogen and oxygen atoms in total. The van der Waals surface area contributed by atoms with Gasteiger partial charge in [-0.2, -0.15) is 0 Å². The number of aryl methyl sites for hydroxylation is 1. The standard InChI is InChI=1S/C14H19N3O/c1-10(2)17-13(15-16-14(17)9-18)8-12-6-4-5-11(3)7-12/h4-7,10,18H,8-9H2,1-3H3. The maximum absolute atomic E-state index is 9.27. The van der Waals surface area contributed by atoms with Crippen molar-refractivity contribution in [2.75, 3.05) is 0 Å². The molecule has 0 aliphatic carbocycles. The Hall–Kier alpha value is -1.68. The highest BCUT2D eigenvalue weighted by Crippen LogP contribution is 2.15. The normalized spacial score (nSPS) is 11.2. The first kappa shape index (κ1) is 12.8. The van der Waals surface area contributed by atoms with Crippen molar-refractivity contribution in [1.29, 1.82) is 0 Å². The minimum atomic E-state index is -0.0704. The van der Waals surface area contributed by atoms with Crippen LogP contribution < -0.4 is 0 Å². The number of nitrogens with zero attached hydrogens (tertiary/aromatic N) is 3. The second-order valence-corrected chi connectivity index (χ2v) is 4.82. The van der Waals surface area contributed by atoms with Crippen LogP contribution in [0.25, 0.3) is 0 Å². The van der Waals surface area contributed by atoms with E-state index in [1.54, 1.807) is 0 Å². The monoisotopic (exact) mass is 245 g/mol. The fraction of sp³-hybridized carbons (Fsp3) is 0.429. The summed E-state index contributed by atoms with van der Waals surface area (Å²) < 4.78 is 2.00. The Morgan fingerprint density at radius 3 is 2.56 bits per heavy atom. The van der Waals surface area contributed by atoms with Gasteiger partial charge in [0.1, 0.15) is 12.4 Å². The van der Waals surface area contributed by atoms with Crippen molar-refractivity contribution in [1.82, 2.24) is 14.8 Å². The molecule has 4 heteroatoms. The molecule has 0 amide bonds. The Kier molecular flexibility index (Phi) is 3.77. The Morgan fingerprint density at radius 1 is 1.22 bits per heavy atom. The molecule has 2 rings (SSSR count). The second kappa shape index (κ2) is 5.31. The summed E-state index contributed by atoms with van der Waals surface area (Å²) in [4.78, 5) is 0. The number of aliphatic hydroxyl groups is 1. The minimum absolute atomic E-state index is 0.0704. The lowest BCUT2D eigenvalue weighted by molar-refractivity contribution is 0.261. The van der Waals surface area contributed by atoms with Crippen LogP contribution in [-0.4, -0.2) is 19.9 Å². The van der Waals surface area contributed by atoms with E-state index in [1.165, 1.54) is 11.1 Å². The molecule has 18 heavy (non-hydrogen) atoms. The van der Waals surface area contributed by atoms with E-state index in [0.717, 1.165) is 12.2 Å². The zero-order chi connectivity index (χ0) is 13.1. The van der Waals surface area contributed by atoms with Crippen LogP contribution in [-0.2, 0) is 13.0 Å². The highest BCUT2D eigenvalue weighted by Gasteiger charge is 2.14. The number of aliphatic hydroxyl groups excluding tert-OH is 1. The van der Waals surface area contributed by atoms with E-state index in [0.29, 0.717) is 5.82 Å². The maximum Gasteiger partial charge on any atom is 0.159 e. The lowest BCUT2D eigenvalue weighted by Crippen LogP contribution is -2.10. The van der Waals surface area contributed by atoms with Gasteiger partial charge in [0, 0.05) is 12.5 Å². The molecule has 0 atom stereocenters. The zero-order valence-electron chi connectivity index (χ0n) is 11.1. The highest BCUT2D eigenvalue weighted by atomic mass is 16.3. The van der Waals surface area contributed by atoms with E-state index < -0.39 is 0 Å². The van der Waals surface area contributed by atoms with E-state index in [4.69, 9.17) is 0 Å². The molecule has 1 heterocycles. The van der Waals surface area contributed by atoms with E-state index in [1.807, 2.05) is 10.6 Å². The molecule has 0 fully saturated rings. The molecule has 0 spiro atoms. The SMILES string of the molecule is Cc1cccc(Cc2nnc(CO)n2C(C)C)c1. The third-order valence-electron chi connectivity index (χ3n) is 2.94. The Labute approximate surface area is 107 Å². The van der Waals surface area contributed by atoms with Crippen molar-refractivity contribution in [2.24, 2.45) is 0 Å². The van der Waals surface area contributed by atoms with Crippen LogP contribution in [0.3, 0.4) is 0 Å². The van der Waals surface area contributed by atoms with Crippen molar-refractivity contribution in [3.05, 3.63) is 47.0 Å². The summed E-state index contributed by atoms with van der Waals surface area (Å²) in [7, 11) is 0. The quantitative estimate of drug-likeness (QED) is 0.898. The number of benzene rings is 1. The molecule has 1 N–H and O–H groups in total. The van der Waals surface area contributed by atoms with Crippen LogP contribution >= 0.6 is 0 Å². The molecule has 0 radical (unpaired) electrons. The summed E-state index contributed by atoms with van der Waals surface area (Å²) in [6.07, 6.45) is 0.743. The average molecular weight is 245 g/mol. The predicted molar refractivity (Wildman–Crippen MR) is 70.3 cm³/mol. The number of hydrogen-bond acceptors (Lipinski definition) is 3. The average Bonchev–Trinajstić information content (AvgIpc) is 2.72. The van der Waals surface area contributed by atoms with Crippen LogP contribution in [0.2, 0.25) is 0 Å². The van der Waals surface area contributed by atoms with Gasteiger partial charge in [-0.25, -0.2) is 0 Å². The Bertz CT molecular complexity index is 532. The second-order valence-electron chi connectivity index (χ2n) is 4.82. The van der Waals surface area contributed by atoms with Crippen molar-refractivity contribution in [3.8, 4) is 0 Å². The van der Waals surface area contributed by atoms with Crippen LogP contribution in [0, 0.1) is 6.92 Å². The lowest BCUT2D eigenvalue weighted by Gasteiger charge is -2.13. The summed E-state index contributed by atoms with van der Waals surface area (Å²) >= 11 is 0. The molecule has 96 valence electrons. The van der Waals surface area contributed by atoms with E-state index >= 15 is 0 Å². The van der Waals surface area contributed by atoms with Gasteiger partial charge in [0.2, 0.25) is 0 Å². The first-order valence-electron chi connectivity index (χ1n) is 6.21. The largest absolute Gasteiger partial charge is 0.388 e. The molecule has 1 aromatic carbocycles. The first-order chi connectivity index (χ1) is 8.61. The van der Waals surface area contributed by atoms with Crippen molar-refractivity contribution < 1.29 is 5.11 Å². The molecule has 0 saturated carbocycles. The van der Waals surface area contributed by atoms with Gasteiger partial charge in [0.15, 0.2) is 5.82 Å². The van der Waals surface area contributed by atoms with Gasteiger partial charge in [-0.05, 0) is 26.3 Å². The van der Waals surface area contributed by atoms with Gasteiger partial charge < -0.3 is 9.67 Å². The lowest BCUT2D eigenvalue weighted by atomic mass is 10.1. The molecule has 0 aliphatic heterocycles. The summed E-state index contributed by atoms with van der Waals surface area (Å²) in [6.45, 7) is 6.15. The van der Waals surface area contributed by atoms with Gasteiger partial charge in [0.05, 0.1) is 0 Å². The van der Waals surface area contributed by atoms with E-state index in [-0.39, 0.29) is 12.6 Å². The summed E-state index contributed by atoms with van der Waals surface area (Å²) in [6, 6.07) is 8.62. The third kappa shape index (κ3) is 2.59. The summed E-state index contributed by atoms with van der Waals surface area (Å²) in [5.41, 5.74) is 2.46. The molecule has 2 aromatic rings. The van der Waals surface area contributed by atoms with Crippen LogP contribution in [0.4, 0.5) is 0 Å². The summed E-state index contributed by atoms with van der Waals surface area (Å²) in [5, 5.41) is 17.5. The third-order valence-corrected chi connectivity index (χ3v) is 2.94. The summed E-state index contributed by atoms with van der Waals surface area (Å²) in [5.74, 6) is 1.53. The van der Waals surface area contributed by atoms with Gasteiger partial charge in [-0.15, -0.1) is 10.2 Å². The molecular weight excluding hydrogens is 226 g/mol. The van der Waals surface area contributed by atoms with E-state index in [2.05, 4.69) is 49.2 Å². The number of aromatic nitrogens is 3. The van der Waals surface area contributed by atoms with Gasteiger partial charge >= 0.3 is 0 Å².